The summed E-state index contributed by atoms with van der Waals surface area (Å²) in [5, 5.41) is 1.99. The van der Waals surface area contributed by atoms with Gasteiger partial charge in [-0.05, 0) is 60.8 Å². The second-order valence-electron chi connectivity index (χ2n) is 9.27. The summed E-state index contributed by atoms with van der Waals surface area (Å²) in [6, 6.07) is 30.0. The quantitative estimate of drug-likeness (QED) is 0.144. The Morgan fingerprint density at radius 1 is 0.750 bits per heavy atom. The van der Waals surface area contributed by atoms with Crippen LogP contribution in [0.4, 0.5) is 11.4 Å². The van der Waals surface area contributed by atoms with E-state index in [1.54, 1.807) is 7.11 Å². The molecule has 40 heavy (non-hydrogen) atoms. The first-order chi connectivity index (χ1) is 19.4. The molecule has 0 aliphatic heterocycles. The molecule has 208 valence electrons. The van der Waals surface area contributed by atoms with Crippen LogP contribution >= 0.6 is 11.9 Å². The highest BCUT2D eigenvalue weighted by Crippen LogP contribution is 2.40. The summed E-state index contributed by atoms with van der Waals surface area (Å²) < 4.78 is 17.3. The average molecular weight is 559 g/mol. The molecule has 0 saturated carbocycles. The molecule has 0 bridgehead atoms. The van der Waals surface area contributed by atoms with Crippen molar-refractivity contribution >= 4 is 46.0 Å². The van der Waals surface area contributed by atoms with Crippen LogP contribution in [-0.2, 0) is 25.6 Å². The van der Waals surface area contributed by atoms with E-state index in [9.17, 15) is 9.59 Å². The van der Waals surface area contributed by atoms with E-state index in [1.165, 1.54) is 26.2 Å². The maximum Gasteiger partial charge on any atom is 0.326 e. The Labute approximate surface area is 239 Å². The van der Waals surface area contributed by atoms with Crippen LogP contribution in [0.5, 0.6) is 5.75 Å². The minimum atomic E-state index is -0.341. The number of hydrogen-bond donors (Lipinski definition) is 0. The molecular weight excluding hydrogens is 524 g/mol. The summed E-state index contributed by atoms with van der Waals surface area (Å²) in [6.45, 7) is 2.71. The predicted molar refractivity (Wildman–Crippen MR) is 161 cm³/mol. The zero-order chi connectivity index (χ0) is 28.5. The number of esters is 2. The van der Waals surface area contributed by atoms with Crippen LogP contribution in [0.1, 0.15) is 18.9 Å². The molecule has 0 N–H and O–H groups in total. The third-order valence-electron chi connectivity index (χ3n) is 6.65. The molecule has 0 heterocycles. The molecule has 0 aromatic heterocycles. The van der Waals surface area contributed by atoms with Gasteiger partial charge in [-0.2, -0.15) is 0 Å². The SMILES string of the molecule is COC(=O)C[C@H](C)N(Cc1ccccc1)c1ccc(N(CC(=O)OC)Sc2ccc(OC)cc2)c2ccccc12. The highest BCUT2D eigenvalue weighted by Gasteiger charge is 2.23. The highest BCUT2D eigenvalue weighted by atomic mass is 32.2. The maximum absolute atomic E-state index is 12.5. The monoisotopic (exact) mass is 558 g/mol. The summed E-state index contributed by atoms with van der Waals surface area (Å²) in [6.07, 6.45) is 0.251. The van der Waals surface area contributed by atoms with Crippen LogP contribution in [0.3, 0.4) is 0 Å². The van der Waals surface area contributed by atoms with Crippen molar-refractivity contribution in [3.63, 3.8) is 0 Å². The van der Waals surface area contributed by atoms with E-state index in [2.05, 4.69) is 35.2 Å². The van der Waals surface area contributed by atoms with E-state index in [0.29, 0.717) is 6.54 Å². The Kier molecular flexibility index (Phi) is 9.91. The normalized spacial score (nSPS) is 11.5. The number of rotatable bonds is 12. The van der Waals surface area contributed by atoms with Gasteiger partial charge in [0.25, 0.3) is 0 Å². The Hall–Kier alpha value is -4.17. The number of methoxy groups -OCH3 is 3. The van der Waals surface area contributed by atoms with E-state index < -0.39 is 0 Å². The van der Waals surface area contributed by atoms with Gasteiger partial charge in [0, 0.05) is 33.9 Å². The number of carbonyl (C=O) groups excluding carboxylic acids is 2. The minimum absolute atomic E-state index is 0.0585. The van der Waals surface area contributed by atoms with Gasteiger partial charge < -0.3 is 23.4 Å². The van der Waals surface area contributed by atoms with Gasteiger partial charge in [-0.25, -0.2) is 0 Å². The van der Waals surface area contributed by atoms with Crippen molar-refractivity contribution in [1.29, 1.82) is 0 Å². The first kappa shape index (κ1) is 28.8. The first-order valence-corrected chi connectivity index (χ1v) is 13.8. The molecule has 0 unspecified atom stereocenters. The summed E-state index contributed by atoms with van der Waals surface area (Å²) >= 11 is 1.46. The number of anilines is 2. The van der Waals surface area contributed by atoms with E-state index in [1.807, 2.05) is 71.9 Å². The molecule has 0 amide bonds. The molecule has 0 fully saturated rings. The Balaban J connectivity index is 1.78. The van der Waals surface area contributed by atoms with E-state index in [-0.39, 0.29) is 30.9 Å². The van der Waals surface area contributed by atoms with E-state index in [0.717, 1.165) is 38.4 Å². The lowest BCUT2D eigenvalue weighted by Gasteiger charge is -2.33. The Morgan fingerprint density at radius 2 is 1.35 bits per heavy atom. The van der Waals surface area contributed by atoms with Crippen LogP contribution in [-0.4, -0.2) is 45.9 Å². The van der Waals surface area contributed by atoms with Crippen LogP contribution in [0.15, 0.2) is 95.9 Å². The van der Waals surface area contributed by atoms with Crippen molar-refractivity contribution in [2.45, 2.75) is 30.8 Å². The molecule has 7 nitrogen and oxygen atoms in total. The topological polar surface area (TPSA) is 68.3 Å². The summed E-state index contributed by atoms with van der Waals surface area (Å²) in [7, 11) is 4.44. The summed E-state index contributed by atoms with van der Waals surface area (Å²) in [4.78, 5) is 27.9. The second-order valence-corrected chi connectivity index (χ2v) is 10.4. The molecule has 0 spiro atoms. The molecule has 0 radical (unpaired) electrons. The zero-order valence-electron chi connectivity index (χ0n) is 23.2. The molecule has 4 aromatic carbocycles. The lowest BCUT2D eigenvalue weighted by molar-refractivity contribution is -0.141. The minimum Gasteiger partial charge on any atom is -0.497 e. The van der Waals surface area contributed by atoms with Gasteiger partial charge in [0.2, 0.25) is 0 Å². The van der Waals surface area contributed by atoms with Gasteiger partial charge in [-0.15, -0.1) is 0 Å². The fraction of sp³-hybridized carbons (Fsp3) is 0.250. The number of nitrogens with zero attached hydrogens (tertiary/aromatic N) is 2. The van der Waals surface area contributed by atoms with Gasteiger partial charge >= 0.3 is 11.9 Å². The molecule has 0 saturated heterocycles. The lowest BCUT2D eigenvalue weighted by Crippen LogP contribution is -2.35. The smallest absolute Gasteiger partial charge is 0.326 e. The van der Waals surface area contributed by atoms with Gasteiger partial charge in [0.15, 0.2) is 0 Å². The third-order valence-corrected chi connectivity index (χ3v) is 7.68. The van der Waals surface area contributed by atoms with Crippen molar-refractivity contribution in [3.05, 3.63) is 96.6 Å². The molecule has 4 aromatic rings. The summed E-state index contributed by atoms with van der Waals surface area (Å²) in [5.74, 6) is 0.163. The van der Waals surface area contributed by atoms with E-state index >= 15 is 0 Å². The standard InChI is InChI=1S/C32H34N2O5S/c1-23(20-31(35)38-3)33(21-24-10-6-5-7-11-24)29-18-19-30(28-13-9-8-12-27(28)29)34(22-32(36)39-4)40-26-16-14-25(37-2)15-17-26/h5-19,23H,20-22H2,1-4H3/t23-/m0/s1. The Morgan fingerprint density at radius 3 is 1.98 bits per heavy atom. The van der Waals surface area contributed by atoms with Gasteiger partial charge in [-0.1, -0.05) is 54.6 Å². The molecular formula is C32H34N2O5S. The third kappa shape index (κ3) is 7.07. The van der Waals surface area contributed by atoms with Crippen molar-refractivity contribution in [2.24, 2.45) is 0 Å². The number of benzene rings is 4. The Bertz CT molecular complexity index is 1430. The highest BCUT2D eigenvalue weighted by molar-refractivity contribution is 8.00. The molecule has 0 aliphatic carbocycles. The van der Waals surface area contributed by atoms with Crippen LogP contribution in [0, 0.1) is 0 Å². The van der Waals surface area contributed by atoms with Crippen molar-refractivity contribution < 1.29 is 23.8 Å². The number of fused-ring (bicyclic) bond motifs is 1. The van der Waals surface area contributed by atoms with Crippen molar-refractivity contribution in [1.82, 2.24) is 0 Å². The first-order valence-electron chi connectivity index (χ1n) is 13.0. The summed E-state index contributed by atoms with van der Waals surface area (Å²) in [5.41, 5.74) is 3.01. The largest absolute Gasteiger partial charge is 0.497 e. The number of hydrogen-bond acceptors (Lipinski definition) is 8. The number of ether oxygens (including phenoxy) is 3. The fourth-order valence-electron chi connectivity index (χ4n) is 4.54. The predicted octanol–water partition coefficient (Wildman–Crippen LogP) is 6.49. The molecule has 0 aliphatic rings. The van der Waals surface area contributed by atoms with Gasteiger partial charge in [0.1, 0.15) is 12.3 Å². The zero-order valence-corrected chi connectivity index (χ0v) is 24.0. The molecule has 8 heteroatoms. The van der Waals surface area contributed by atoms with E-state index in [4.69, 9.17) is 14.2 Å². The van der Waals surface area contributed by atoms with Gasteiger partial charge in [0.05, 0.1) is 33.4 Å². The second kappa shape index (κ2) is 13.8. The average Bonchev–Trinajstić information content (AvgIpc) is 2.99. The van der Waals surface area contributed by atoms with Crippen molar-refractivity contribution in [2.75, 3.05) is 37.1 Å². The van der Waals surface area contributed by atoms with Crippen LogP contribution < -0.4 is 13.9 Å². The molecule has 1 atom stereocenters. The van der Waals surface area contributed by atoms with Crippen LogP contribution in [0.25, 0.3) is 10.8 Å². The van der Waals surface area contributed by atoms with Crippen LogP contribution in [0.2, 0.25) is 0 Å². The maximum atomic E-state index is 12.5. The lowest BCUT2D eigenvalue weighted by atomic mass is 10.0. The number of carbonyl (C=O) groups is 2. The fourth-order valence-corrected chi connectivity index (χ4v) is 5.48. The van der Waals surface area contributed by atoms with Crippen molar-refractivity contribution in [3.8, 4) is 5.75 Å². The van der Waals surface area contributed by atoms with Gasteiger partial charge in [-0.3, -0.25) is 9.59 Å². The molecule has 4 rings (SSSR count).